The van der Waals surface area contributed by atoms with E-state index < -0.39 is 0 Å². The van der Waals surface area contributed by atoms with Gasteiger partial charge in [-0.3, -0.25) is 5.32 Å². The standard InChI is InChI=1S/C10H18N2S/c1-5-10(6-2)12-8(7-11)9(3,4)13-10/h8,12H,5-6H2,1-4H3. The SMILES string of the molecule is CCC1(CC)NC(C#N)C(C)(C)S1. The van der Waals surface area contributed by atoms with Gasteiger partial charge in [-0.25, -0.2) is 0 Å². The molecule has 1 unspecified atom stereocenters. The highest BCUT2D eigenvalue weighted by atomic mass is 32.2. The number of rotatable bonds is 2. The minimum atomic E-state index is -0.0163. The molecule has 0 bridgehead atoms. The van der Waals surface area contributed by atoms with Gasteiger partial charge in [0.1, 0.15) is 6.04 Å². The van der Waals surface area contributed by atoms with Crippen LogP contribution in [0.4, 0.5) is 0 Å². The Hall–Kier alpha value is -0.200. The van der Waals surface area contributed by atoms with Gasteiger partial charge < -0.3 is 0 Å². The lowest BCUT2D eigenvalue weighted by atomic mass is 10.0. The summed E-state index contributed by atoms with van der Waals surface area (Å²) in [7, 11) is 0. The Morgan fingerprint density at radius 1 is 1.38 bits per heavy atom. The quantitative estimate of drug-likeness (QED) is 0.740. The van der Waals surface area contributed by atoms with E-state index in [-0.39, 0.29) is 15.7 Å². The lowest BCUT2D eigenvalue weighted by Gasteiger charge is -2.26. The molecule has 1 atom stereocenters. The van der Waals surface area contributed by atoms with Crippen molar-refractivity contribution >= 4 is 11.8 Å². The Labute approximate surface area is 85.1 Å². The summed E-state index contributed by atoms with van der Waals surface area (Å²) >= 11 is 1.91. The van der Waals surface area contributed by atoms with Crippen molar-refractivity contribution < 1.29 is 0 Å². The molecule has 1 aliphatic heterocycles. The van der Waals surface area contributed by atoms with Crippen molar-refractivity contribution in [2.24, 2.45) is 0 Å². The third kappa shape index (κ3) is 1.84. The van der Waals surface area contributed by atoms with Gasteiger partial charge in [0.15, 0.2) is 0 Å². The highest BCUT2D eigenvalue weighted by molar-refractivity contribution is 8.02. The van der Waals surface area contributed by atoms with Gasteiger partial charge in [-0.1, -0.05) is 13.8 Å². The molecular weight excluding hydrogens is 180 g/mol. The third-order valence-corrected chi connectivity index (χ3v) is 4.68. The zero-order chi connectivity index (χ0) is 10.1. The number of hydrogen-bond donors (Lipinski definition) is 1. The number of nitrogens with zero attached hydrogens (tertiary/aromatic N) is 1. The predicted molar refractivity (Wildman–Crippen MR) is 57.5 cm³/mol. The summed E-state index contributed by atoms with van der Waals surface area (Å²) in [4.78, 5) is 0.129. The van der Waals surface area contributed by atoms with Gasteiger partial charge in [0, 0.05) is 4.75 Å². The first-order valence-electron chi connectivity index (χ1n) is 4.87. The van der Waals surface area contributed by atoms with E-state index >= 15 is 0 Å². The summed E-state index contributed by atoms with van der Waals surface area (Å²) in [6.45, 7) is 8.65. The van der Waals surface area contributed by atoms with Crippen molar-refractivity contribution in [3.63, 3.8) is 0 Å². The average Bonchev–Trinajstić information content (AvgIpc) is 2.37. The van der Waals surface area contributed by atoms with Gasteiger partial charge in [-0.2, -0.15) is 5.26 Å². The fraction of sp³-hybridized carbons (Fsp3) is 0.900. The number of nitrogens with one attached hydrogen (secondary N) is 1. The Kier molecular flexibility index (Phi) is 2.94. The van der Waals surface area contributed by atoms with Gasteiger partial charge >= 0.3 is 0 Å². The van der Waals surface area contributed by atoms with Crippen molar-refractivity contribution in [1.82, 2.24) is 5.32 Å². The molecule has 3 heteroatoms. The molecule has 74 valence electrons. The third-order valence-electron chi connectivity index (χ3n) is 2.83. The molecule has 1 N–H and O–H groups in total. The van der Waals surface area contributed by atoms with Crippen LogP contribution in [-0.2, 0) is 0 Å². The van der Waals surface area contributed by atoms with Crippen LogP contribution in [0.2, 0.25) is 0 Å². The summed E-state index contributed by atoms with van der Waals surface area (Å²) < 4.78 is 0.0424. The van der Waals surface area contributed by atoms with Gasteiger partial charge in [-0.15, -0.1) is 11.8 Å². The summed E-state index contributed by atoms with van der Waals surface area (Å²) in [5.74, 6) is 0. The molecule has 1 heterocycles. The van der Waals surface area contributed by atoms with Crippen LogP contribution in [0.3, 0.4) is 0 Å². The predicted octanol–water partition coefficient (Wildman–Crippen LogP) is 2.51. The van der Waals surface area contributed by atoms with Crippen molar-refractivity contribution in [1.29, 1.82) is 5.26 Å². The van der Waals surface area contributed by atoms with E-state index in [4.69, 9.17) is 5.26 Å². The first-order chi connectivity index (χ1) is 5.99. The Balaban J connectivity index is 2.85. The van der Waals surface area contributed by atoms with Crippen LogP contribution in [0.5, 0.6) is 0 Å². The molecule has 2 nitrogen and oxygen atoms in total. The maximum absolute atomic E-state index is 9.00. The lowest BCUT2D eigenvalue weighted by molar-refractivity contribution is 0.420. The van der Waals surface area contributed by atoms with Crippen LogP contribution in [0.25, 0.3) is 0 Å². The molecule has 1 aliphatic rings. The van der Waals surface area contributed by atoms with E-state index in [1.165, 1.54) is 0 Å². The fourth-order valence-corrected chi connectivity index (χ4v) is 3.52. The molecule has 1 fully saturated rings. The second-order valence-electron chi connectivity index (χ2n) is 4.11. The van der Waals surface area contributed by atoms with Crippen LogP contribution >= 0.6 is 11.8 Å². The van der Waals surface area contributed by atoms with Crippen molar-refractivity contribution in [3.8, 4) is 6.07 Å². The van der Waals surface area contributed by atoms with E-state index in [0.717, 1.165) is 12.8 Å². The molecule has 0 aromatic heterocycles. The normalized spacial score (nSPS) is 29.9. The molecule has 0 radical (unpaired) electrons. The molecule has 0 amide bonds. The second kappa shape index (κ2) is 3.51. The Morgan fingerprint density at radius 3 is 2.15 bits per heavy atom. The zero-order valence-electron chi connectivity index (χ0n) is 8.85. The van der Waals surface area contributed by atoms with E-state index in [2.05, 4.69) is 39.1 Å². The van der Waals surface area contributed by atoms with E-state index in [0.29, 0.717) is 0 Å². The molecule has 0 spiro atoms. The first kappa shape index (κ1) is 10.9. The maximum Gasteiger partial charge on any atom is 0.111 e. The summed E-state index contributed by atoms with van der Waals surface area (Å²) in [5, 5.41) is 12.4. The summed E-state index contributed by atoms with van der Waals surface area (Å²) in [5.41, 5.74) is 0. The minimum absolute atomic E-state index is 0.0163. The van der Waals surface area contributed by atoms with Crippen LogP contribution in [0.15, 0.2) is 0 Å². The number of nitriles is 1. The molecule has 0 aromatic rings. The van der Waals surface area contributed by atoms with Crippen molar-refractivity contribution in [2.45, 2.75) is 56.2 Å². The monoisotopic (exact) mass is 198 g/mol. The highest BCUT2D eigenvalue weighted by Crippen LogP contribution is 2.47. The van der Waals surface area contributed by atoms with E-state index in [1.54, 1.807) is 0 Å². The fourth-order valence-electron chi connectivity index (χ4n) is 1.81. The van der Waals surface area contributed by atoms with Crippen LogP contribution in [-0.4, -0.2) is 15.7 Å². The summed E-state index contributed by atoms with van der Waals surface area (Å²) in [6.07, 6.45) is 2.16. The second-order valence-corrected chi connectivity index (χ2v) is 6.15. The van der Waals surface area contributed by atoms with E-state index in [1.807, 2.05) is 11.8 Å². The largest absolute Gasteiger partial charge is 0.286 e. The molecular formula is C10H18N2S. The molecule has 0 aliphatic carbocycles. The topological polar surface area (TPSA) is 35.8 Å². The van der Waals surface area contributed by atoms with Gasteiger partial charge in [0.2, 0.25) is 0 Å². The molecule has 1 rings (SSSR count). The molecule has 0 aromatic carbocycles. The zero-order valence-corrected chi connectivity index (χ0v) is 9.66. The highest BCUT2D eigenvalue weighted by Gasteiger charge is 2.48. The molecule has 0 saturated carbocycles. The van der Waals surface area contributed by atoms with Crippen LogP contribution in [0.1, 0.15) is 40.5 Å². The smallest absolute Gasteiger partial charge is 0.111 e. The molecule has 1 saturated heterocycles. The maximum atomic E-state index is 9.00. The van der Waals surface area contributed by atoms with Gasteiger partial charge in [-0.05, 0) is 26.7 Å². The first-order valence-corrected chi connectivity index (χ1v) is 5.69. The average molecular weight is 198 g/mol. The van der Waals surface area contributed by atoms with Gasteiger partial charge in [0.25, 0.3) is 0 Å². The van der Waals surface area contributed by atoms with Crippen molar-refractivity contribution in [2.75, 3.05) is 0 Å². The Bertz CT molecular complexity index is 226. The molecule has 13 heavy (non-hydrogen) atoms. The van der Waals surface area contributed by atoms with Gasteiger partial charge in [0.05, 0.1) is 10.9 Å². The van der Waals surface area contributed by atoms with Crippen LogP contribution < -0.4 is 5.32 Å². The van der Waals surface area contributed by atoms with E-state index in [9.17, 15) is 0 Å². The van der Waals surface area contributed by atoms with Crippen LogP contribution in [0, 0.1) is 11.3 Å². The number of hydrogen-bond acceptors (Lipinski definition) is 3. The summed E-state index contributed by atoms with van der Waals surface area (Å²) in [6, 6.07) is 2.33. The van der Waals surface area contributed by atoms with Crippen molar-refractivity contribution in [3.05, 3.63) is 0 Å². The minimum Gasteiger partial charge on any atom is -0.286 e. The Morgan fingerprint density at radius 2 is 1.92 bits per heavy atom. The number of thioether (sulfide) groups is 1. The lowest BCUT2D eigenvalue weighted by Crippen LogP contribution is -2.42.